The molecule has 1 amide bonds. The van der Waals surface area contributed by atoms with Gasteiger partial charge in [0.1, 0.15) is 5.75 Å². The molecule has 0 saturated carbocycles. The van der Waals surface area contributed by atoms with E-state index in [1.807, 2.05) is 0 Å². The lowest BCUT2D eigenvalue weighted by Gasteiger charge is -2.18. The van der Waals surface area contributed by atoms with E-state index in [-0.39, 0.29) is 10.5 Å². The first-order valence-corrected chi connectivity index (χ1v) is 9.78. The molecule has 2 aromatic carbocycles. The fourth-order valence-corrected chi connectivity index (χ4v) is 3.89. The van der Waals surface area contributed by atoms with Crippen molar-refractivity contribution in [1.29, 1.82) is 0 Å². The Kier molecular flexibility index (Phi) is 6.68. The predicted octanol–water partition coefficient (Wildman–Crippen LogP) is 3.87. The molecule has 0 aliphatic rings. The number of carbonyl (C=O) groups excluding carboxylic acids is 1. The monoisotopic (exact) mass is 416 g/mol. The van der Waals surface area contributed by atoms with E-state index in [0.29, 0.717) is 18.8 Å². The first kappa shape index (κ1) is 21.7. The molecule has 0 spiro atoms. The van der Waals surface area contributed by atoms with E-state index in [2.05, 4.69) is 10.1 Å². The fraction of sp³-hybridized carbons (Fsp3) is 0.278. The van der Waals surface area contributed by atoms with Gasteiger partial charge in [-0.3, -0.25) is 4.79 Å². The van der Waals surface area contributed by atoms with Crippen molar-refractivity contribution in [2.75, 3.05) is 18.4 Å². The molecular weight excluding hydrogens is 397 g/mol. The molecule has 0 aliphatic heterocycles. The quantitative estimate of drug-likeness (QED) is 0.744. The van der Waals surface area contributed by atoms with E-state index in [9.17, 15) is 26.4 Å². The minimum absolute atomic E-state index is 0.0999. The number of sulfonamides is 1. The first-order valence-electron chi connectivity index (χ1n) is 8.34. The summed E-state index contributed by atoms with van der Waals surface area (Å²) in [5.74, 6) is -0.993. The topological polar surface area (TPSA) is 75.7 Å². The van der Waals surface area contributed by atoms with Crippen molar-refractivity contribution in [3.63, 3.8) is 0 Å². The molecule has 0 saturated heterocycles. The smallest absolute Gasteiger partial charge is 0.406 e. The average Bonchev–Trinajstić information content (AvgIpc) is 2.62. The van der Waals surface area contributed by atoms with Gasteiger partial charge in [-0.05, 0) is 48.5 Å². The zero-order valence-corrected chi connectivity index (χ0v) is 16.0. The number of amides is 1. The summed E-state index contributed by atoms with van der Waals surface area (Å²) in [6, 6.07) is 10.1. The summed E-state index contributed by atoms with van der Waals surface area (Å²) < 4.78 is 66.4. The van der Waals surface area contributed by atoms with Crippen LogP contribution in [0.3, 0.4) is 0 Å². The van der Waals surface area contributed by atoms with Gasteiger partial charge in [-0.25, -0.2) is 8.42 Å². The summed E-state index contributed by atoms with van der Waals surface area (Å²) in [4.78, 5) is 12.3. The summed E-state index contributed by atoms with van der Waals surface area (Å²) in [7, 11) is -3.60. The lowest BCUT2D eigenvalue weighted by atomic mass is 10.2. The second kappa shape index (κ2) is 8.61. The average molecular weight is 416 g/mol. The van der Waals surface area contributed by atoms with Crippen molar-refractivity contribution in [3.8, 4) is 5.75 Å². The van der Waals surface area contributed by atoms with Crippen LogP contribution >= 0.6 is 0 Å². The maximum Gasteiger partial charge on any atom is 0.573 e. The van der Waals surface area contributed by atoms with Crippen LogP contribution in [0.25, 0.3) is 0 Å². The number of alkyl halides is 3. The van der Waals surface area contributed by atoms with Crippen molar-refractivity contribution in [2.45, 2.75) is 25.1 Å². The van der Waals surface area contributed by atoms with Crippen LogP contribution in [0.2, 0.25) is 0 Å². The third-order valence-electron chi connectivity index (χ3n) is 3.81. The normalized spacial score (nSPS) is 12.1. The molecule has 0 atom stereocenters. The predicted molar refractivity (Wildman–Crippen MR) is 97.6 cm³/mol. The highest BCUT2D eigenvalue weighted by Crippen LogP contribution is 2.23. The van der Waals surface area contributed by atoms with Gasteiger partial charge in [0.15, 0.2) is 0 Å². The Bertz CT molecular complexity index is 907. The standard InChI is InChI=1S/C18H19F3N2O4S/c1-3-23(4-2)28(25,26)16-11-7-14(8-12-16)22-17(24)13-5-9-15(10-6-13)27-18(19,20)21/h5-12H,3-4H2,1-2H3,(H,22,24). The van der Waals surface area contributed by atoms with E-state index in [4.69, 9.17) is 0 Å². The SMILES string of the molecule is CCN(CC)S(=O)(=O)c1ccc(NC(=O)c2ccc(OC(F)(F)F)cc2)cc1. The van der Waals surface area contributed by atoms with Crippen molar-refractivity contribution in [2.24, 2.45) is 0 Å². The lowest BCUT2D eigenvalue weighted by Crippen LogP contribution is -2.30. The van der Waals surface area contributed by atoms with Gasteiger partial charge in [-0.2, -0.15) is 4.31 Å². The van der Waals surface area contributed by atoms with Gasteiger partial charge in [-0.15, -0.1) is 13.2 Å². The number of carbonyl (C=O) groups is 1. The Morgan fingerprint density at radius 1 is 1.00 bits per heavy atom. The molecular formula is C18H19F3N2O4S. The second-order valence-corrected chi connectivity index (χ2v) is 7.58. The number of hydrogen-bond acceptors (Lipinski definition) is 4. The minimum Gasteiger partial charge on any atom is -0.406 e. The maximum atomic E-state index is 12.4. The Morgan fingerprint density at radius 3 is 2.00 bits per heavy atom. The highest BCUT2D eigenvalue weighted by atomic mass is 32.2. The highest BCUT2D eigenvalue weighted by Gasteiger charge is 2.31. The van der Waals surface area contributed by atoms with Crippen molar-refractivity contribution >= 4 is 21.6 Å². The second-order valence-electron chi connectivity index (χ2n) is 5.64. The van der Waals surface area contributed by atoms with Crippen LogP contribution in [0.4, 0.5) is 18.9 Å². The first-order chi connectivity index (χ1) is 13.1. The zero-order valence-electron chi connectivity index (χ0n) is 15.2. The molecule has 1 N–H and O–H groups in total. The van der Waals surface area contributed by atoms with E-state index in [1.165, 1.54) is 40.7 Å². The summed E-state index contributed by atoms with van der Waals surface area (Å²) in [6.07, 6.45) is -4.81. The zero-order chi connectivity index (χ0) is 20.9. The molecule has 2 rings (SSSR count). The maximum absolute atomic E-state index is 12.4. The van der Waals surface area contributed by atoms with Gasteiger partial charge in [0.25, 0.3) is 5.91 Å². The van der Waals surface area contributed by atoms with E-state index >= 15 is 0 Å². The van der Waals surface area contributed by atoms with Crippen LogP contribution < -0.4 is 10.1 Å². The van der Waals surface area contributed by atoms with Crippen LogP contribution in [-0.2, 0) is 10.0 Å². The van der Waals surface area contributed by atoms with Gasteiger partial charge in [0.2, 0.25) is 10.0 Å². The molecule has 0 heterocycles. The van der Waals surface area contributed by atoms with Crippen molar-refractivity contribution in [1.82, 2.24) is 4.31 Å². The van der Waals surface area contributed by atoms with E-state index < -0.39 is 28.0 Å². The van der Waals surface area contributed by atoms with Gasteiger partial charge >= 0.3 is 6.36 Å². The molecule has 0 unspecified atom stereocenters. The third kappa shape index (κ3) is 5.46. The highest BCUT2D eigenvalue weighted by molar-refractivity contribution is 7.89. The van der Waals surface area contributed by atoms with Crippen LogP contribution in [0.5, 0.6) is 5.75 Å². The molecule has 10 heteroatoms. The molecule has 28 heavy (non-hydrogen) atoms. The van der Waals surface area contributed by atoms with Gasteiger partial charge in [0.05, 0.1) is 4.90 Å². The number of halogens is 3. The van der Waals surface area contributed by atoms with Crippen LogP contribution in [0.1, 0.15) is 24.2 Å². The van der Waals surface area contributed by atoms with E-state index in [1.54, 1.807) is 13.8 Å². The number of nitrogens with one attached hydrogen (secondary N) is 1. The van der Waals surface area contributed by atoms with E-state index in [0.717, 1.165) is 12.1 Å². The summed E-state index contributed by atoms with van der Waals surface area (Å²) >= 11 is 0. The molecule has 0 bridgehead atoms. The largest absolute Gasteiger partial charge is 0.573 e. The summed E-state index contributed by atoms with van der Waals surface area (Å²) in [6.45, 7) is 4.15. The molecule has 6 nitrogen and oxygen atoms in total. The van der Waals surface area contributed by atoms with Crippen LogP contribution in [0, 0.1) is 0 Å². The minimum atomic E-state index is -4.81. The lowest BCUT2D eigenvalue weighted by molar-refractivity contribution is -0.274. The van der Waals surface area contributed by atoms with Gasteiger partial charge in [0, 0.05) is 24.3 Å². The molecule has 0 aromatic heterocycles. The van der Waals surface area contributed by atoms with Gasteiger partial charge in [-0.1, -0.05) is 13.8 Å². The number of rotatable bonds is 7. The van der Waals surface area contributed by atoms with Crippen molar-refractivity contribution < 1.29 is 31.1 Å². The molecule has 152 valence electrons. The molecule has 0 radical (unpaired) electrons. The number of hydrogen-bond donors (Lipinski definition) is 1. The summed E-state index contributed by atoms with van der Waals surface area (Å²) in [5, 5.41) is 2.55. The Morgan fingerprint density at radius 2 is 1.54 bits per heavy atom. The number of nitrogens with zero attached hydrogens (tertiary/aromatic N) is 1. The van der Waals surface area contributed by atoms with Crippen LogP contribution in [0.15, 0.2) is 53.4 Å². The fourth-order valence-electron chi connectivity index (χ4n) is 2.43. The third-order valence-corrected chi connectivity index (χ3v) is 5.87. The van der Waals surface area contributed by atoms with Gasteiger partial charge < -0.3 is 10.1 Å². The Labute approximate surface area is 161 Å². The molecule has 2 aromatic rings. The Hall–Kier alpha value is -2.59. The number of anilines is 1. The van der Waals surface area contributed by atoms with Crippen LogP contribution in [-0.4, -0.2) is 38.1 Å². The van der Waals surface area contributed by atoms with Crippen molar-refractivity contribution in [3.05, 3.63) is 54.1 Å². The summed E-state index contributed by atoms with van der Waals surface area (Å²) in [5.41, 5.74) is 0.466. The Balaban J connectivity index is 2.09. The number of ether oxygens (including phenoxy) is 1. The molecule has 0 fully saturated rings. The molecule has 0 aliphatic carbocycles. The number of benzene rings is 2.